The summed E-state index contributed by atoms with van der Waals surface area (Å²) < 4.78 is 47.9. The summed E-state index contributed by atoms with van der Waals surface area (Å²) in [7, 11) is -3.96. The van der Waals surface area contributed by atoms with E-state index in [0.717, 1.165) is 17.9 Å². The van der Waals surface area contributed by atoms with Gasteiger partial charge in [-0.2, -0.15) is 8.42 Å². The maximum atomic E-state index is 14.1. The first-order valence-corrected chi connectivity index (χ1v) is 10.9. The van der Waals surface area contributed by atoms with E-state index in [0.29, 0.717) is 17.0 Å². The molecule has 4 rings (SSSR count). The third-order valence-electron chi connectivity index (χ3n) is 5.01. The van der Waals surface area contributed by atoms with Gasteiger partial charge in [-0.1, -0.05) is 30.3 Å². The zero-order chi connectivity index (χ0) is 21.5. The van der Waals surface area contributed by atoms with Crippen molar-refractivity contribution in [2.45, 2.75) is 18.8 Å². The maximum absolute atomic E-state index is 14.1. The van der Waals surface area contributed by atoms with Crippen molar-refractivity contribution in [3.8, 4) is 5.75 Å². The van der Waals surface area contributed by atoms with Crippen LogP contribution in [0.4, 0.5) is 10.1 Å². The average Bonchev–Trinajstić information content (AvgIpc) is 2.97. The van der Waals surface area contributed by atoms with Crippen molar-refractivity contribution in [1.82, 2.24) is 0 Å². The Hall–Kier alpha value is -3.26. The normalized spacial score (nSPS) is 18.0. The van der Waals surface area contributed by atoms with Gasteiger partial charge in [-0.05, 0) is 36.2 Å². The van der Waals surface area contributed by atoms with Crippen molar-refractivity contribution in [1.29, 1.82) is 0 Å². The first kappa shape index (κ1) is 20.0. The number of hydrogen-bond acceptors (Lipinski definition) is 6. The lowest BCUT2D eigenvalue weighted by molar-refractivity contribution is 0.412. The molecule has 0 radical (unpaired) electrons. The quantitative estimate of drug-likeness (QED) is 0.579. The van der Waals surface area contributed by atoms with Gasteiger partial charge in [0.25, 0.3) is 0 Å². The van der Waals surface area contributed by atoms with Gasteiger partial charge in [0.15, 0.2) is 5.76 Å². The number of fused-ring (bicyclic) bond motifs is 1. The molecule has 0 saturated heterocycles. The predicted molar refractivity (Wildman–Crippen MR) is 111 cm³/mol. The van der Waals surface area contributed by atoms with Crippen LogP contribution in [0.3, 0.4) is 0 Å². The second-order valence-electron chi connectivity index (χ2n) is 7.32. The van der Waals surface area contributed by atoms with Crippen LogP contribution in [0, 0.1) is 5.82 Å². The van der Waals surface area contributed by atoms with E-state index in [1.807, 2.05) is 37.3 Å². The highest BCUT2D eigenvalue weighted by atomic mass is 32.2. The molecule has 1 aliphatic rings. The largest absolute Gasteiger partial charge is 0.465 e. The smallest absolute Gasteiger partial charge is 0.306 e. The Balaban J connectivity index is 1.89. The Bertz CT molecular complexity index is 1310. The van der Waals surface area contributed by atoms with Crippen molar-refractivity contribution in [2.24, 2.45) is 4.99 Å². The summed E-state index contributed by atoms with van der Waals surface area (Å²) in [4.78, 5) is 17.0. The van der Waals surface area contributed by atoms with Crippen molar-refractivity contribution in [2.75, 3.05) is 6.26 Å². The number of benzene rings is 2. The first-order valence-electron chi connectivity index (χ1n) is 9.12. The third kappa shape index (κ3) is 3.66. The lowest BCUT2D eigenvalue weighted by Crippen LogP contribution is -2.33. The van der Waals surface area contributed by atoms with Crippen LogP contribution in [0.15, 0.2) is 75.1 Å². The Labute approximate surface area is 172 Å². The van der Waals surface area contributed by atoms with Gasteiger partial charge in [0, 0.05) is 17.9 Å². The van der Waals surface area contributed by atoms with Gasteiger partial charge in [-0.15, -0.1) is 0 Å². The van der Waals surface area contributed by atoms with E-state index in [1.54, 1.807) is 6.07 Å². The Morgan fingerprint density at radius 1 is 1.13 bits per heavy atom. The molecule has 0 amide bonds. The topological polar surface area (TPSA) is 85.9 Å². The lowest BCUT2D eigenvalue weighted by atomic mass is 9.73. The van der Waals surface area contributed by atoms with Gasteiger partial charge in [0.1, 0.15) is 5.82 Å². The molecule has 0 N–H and O–H groups in total. The van der Waals surface area contributed by atoms with E-state index in [-0.39, 0.29) is 12.2 Å². The van der Waals surface area contributed by atoms with Gasteiger partial charge >= 0.3 is 10.1 Å². The molecule has 1 aliphatic heterocycles. The van der Waals surface area contributed by atoms with Crippen molar-refractivity contribution in [3.63, 3.8) is 0 Å². The molecule has 1 aromatic heterocycles. The van der Waals surface area contributed by atoms with Crippen LogP contribution in [0.25, 0.3) is 0 Å². The molecule has 3 aromatic rings. The summed E-state index contributed by atoms with van der Waals surface area (Å²) in [6.07, 6.45) is 2.07. The summed E-state index contributed by atoms with van der Waals surface area (Å²) in [5, 5.41) is 0. The third-order valence-corrected chi connectivity index (χ3v) is 5.48. The minimum atomic E-state index is -3.96. The van der Waals surface area contributed by atoms with Crippen LogP contribution in [0.2, 0.25) is 0 Å². The van der Waals surface area contributed by atoms with Gasteiger partial charge in [0.2, 0.25) is 11.2 Å². The van der Waals surface area contributed by atoms with Crippen LogP contribution < -0.4 is 9.61 Å². The van der Waals surface area contributed by atoms with E-state index in [9.17, 15) is 17.6 Å². The standard InChI is InChI=1S/C22H18FNO5S/c1-22(13-19-20(29-30(2,26)27)18(25)10-11-28-19)16-12-15(23)8-9-17(16)24-21(22)14-6-4-3-5-7-14/h3-12H,13H2,1-2H3. The molecular formula is C22H18FNO5S. The molecule has 1 unspecified atom stereocenters. The second kappa shape index (κ2) is 7.21. The van der Waals surface area contributed by atoms with Crippen molar-refractivity contribution in [3.05, 3.63) is 93.8 Å². The zero-order valence-corrected chi connectivity index (χ0v) is 17.1. The minimum absolute atomic E-state index is 0.0381. The van der Waals surface area contributed by atoms with Crippen LogP contribution in [-0.2, 0) is 22.0 Å². The SMILES string of the molecule is CC1(Cc2occc(=O)c2OS(C)(=O)=O)C(c2ccccc2)=Nc2ccc(F)cc21. The first-order chi connectivity index (χ1) is 14.2. The fourth-order valence-corrected chi connectivity index (χ4v) is 4.18. The number of hydrogen-bond donors (Lipinski definition) is 0. The number of nitrogens with zero attached hydrogens (tertiary/aromatic N) is 1. The molecule has 154 valence electrons. The zero-order valence-electron chi connectivity index (χ0n) is 16.3. The molecule has 30 heavy (non-hydrogen) atoms. The van der Waals surface area contributed by atoms with E-state index < -0.39 is 32.5 Å². The number of halogens is 1. The highest BCUT2D eigenvalue weighted by molar-refractivity contribution is 7.86. The summed E-state index contributed by atoms with van der Waals surface area (Å²) in [5.74, 6) is -0.790. The van der Waals surface area contributed by atoms with Gasteiger partial charge in [-0.25, -0.2) is 4.39 Å². The van der Waals surface area contributed by atoms with E-state index in [4.69, 9.17) is 13.6 Å². The molecule has 2 aromatic carbocycles. The molecule has 2 heterocycles. The lowest BCUT2D eigenvalue weighted by Gasteiger charge is -2.28. The van der Waals surface area contributed by atoms with Crippen LogP contribution in [-0.4, -0.2) is 20.4 Å². The second-order valence-corrected chi connectivity index (χ2v) is 8.90. The predicted octanol–water partition coefficient (Wildman–Crippen LogP) is 3.75. The van der Waals surface area contributed by atoms with Gasteiger partial charge in [0.05, 0.1) is 23.9 Å². The summed E-state index contributed by atoms with van der Waals surface area (Å²) in [5.41, 5.74) is 1.16. The van der Waals surface area contributed by atoms with E-state index in [1.165, 1.54) is 18.4 Å². The molecule has 0 aliphatic carbocycles. The molecule has 0 saturated carbocycles. The monoisotopic (exact) mass is 427 g/mol. The highest BCUT2D eigenvalue weighted by Crippen LogP contribution is 2.45. The van der Waals surface area contributed by atoms with Crippen LogP contribution >= 0.6 is 0 Å². The summed E-state index contributed by atoms with van der Waals surface area (Å²) >= 11 is 0. The summed E-state index contributed by atoms with van der Waals surface area (Å²) in [6, 6.07) is 14.8. The highest BCUT2D eigenvalue weighted by Gasteiger charge is 2.42. The fraction of sp³-hybridized carbons (Fsp3) is 0.182. The number of aliphatic imine (C=N–C) groups is 1. The molecule has 1 atom stereocenters. The summed E-state index contributed by atoms with van der Waals surface area (Å²) in [6.45, 7) is 1.85. The number of rotatable bonds is 5. The molecule has 0 fully saturated rings. The molecule has 0 spiro atoms. The van der Waals surface area contributed by atoms with Crippen LogP contribution in [0.1, 0.15) is 23.8 Å². The van der Waals surface area contributed by atoms with Gasteiger partial charge < -0.3 is 8.60 Å². The van der Waals surface area contributed by atoms with Crippen LogP contribution in [0.5, 0.6) is 5.75 Å². The van der Waals surface area contributed by atoms with Crippen molar-refractivity contribution >= 4 is 21.5 Å². The molecule has 0 bridgehead atoms. The minimum Gasteiger partial charge on any atom is -0.465 e. The Kier molecular flexibility index (Phi) is 4.82. The maximum Gasteiger partial charge on any atom is 0.306 e. The molecule has 8 heteroatoms. The fourth-order valence-electron chi connectivity index (χ4n) is 3.70. The Morgan fingerprint density at radius 3 is 2.57 bits per heavy atom. The van der Waals surface area contributed by atoms with Gasteiger partial charge in [-0.3, -0.25) is 9.79 Å². The van der Waals surface area contributed by atoms with Crippen molar-refractivity contribution < 1.29 is 21.4 Å². The molecular weight excluding hydrogens is 409 g/mol. The Morgan fingerprint density at radius 2 is 1.87 bits per heavy atom. The molecule has 6 nitrogen and oxygen atoms in total. The van der Waals surface area contributed by atoms with E-state index in [2.05, 4.69) is 0 Å². The average molecular weight is 427 g/mol. The van der Waals surface area contributed by atoms with E-state index >= 15 is 0 Å².